The molecule has 0 aliphatic rings. The van der Waals surface area contributed by atoms with Crippen LogP contribution in [0.4, 0.5) is 0 Å². The molecule has 0 amide bonds. The topological polar surface area (TPSA) is 66.4 Å². The van der Waals surface area contributed by atoms with Crippen molar-refractivity contribution in [2.75, 3.05) is 6.61 Å². The molecule has 0 radical (unpaired) electrons. The van der Waals surface area contributed by atoms with E-state index in [1.807, 2.05) is 0 Å². The maximum absolute atomic E-state index is 10.1. The van der Waals surface area contributed by atoms with Crippen molar-refractivity contribution < 1.29 is 46.7 Å². The number of hydrogen-bond acceptors (Lipinski definition) is 4. The van der Waals surface area contributed by atoms with Crippen molar-refractivity contribution in [3.8, 4) is 0 Å². The van der Waals surface area contributed by atoms with Crippen molar-refractivity contribution in [1.29, 1.82) is 0 Å². The van der Waals surface area contributed by atoms with E-state index in [1.54, 1.807) is 0 Å². The molecular formula is C12H25NaO4S. The van der Waals surface area contributed by atoms with Gasteiger partial charge in [0.25, 0.3) is 0 Å². The molecule has 0 spiro atoms. The second-order valence-corrected chi connectivity index (χ2v) is 5.46. The zero-order valence-electron chi connectivity index (χ0n) is 11.8. The molecule has 0 fully saturated rings. The van der Waals surface area contributed by atoms with Gasteiger partial charge < -0.3 is 4.55 Å². The Morgan fingerprint density at radius 2 is 1.22 bits per heavy atom. The molecule has 0 N–H and O–H groups in total. The molecular weight excluding hydrogens is 263 g/mol. The zero-order valence-corrected chi connectivity index (χ0v) is 14.6. The molecule has 0 rings (SSSR count). The largest absolute Gasteiger partial charge is 1.00 e. The maximum Gasteiger partial charge on any atom is 1.00 e. The maximum atomic E-state index is 10.1. The van der Waals surface area contributed by atoms with Crippen LogP contribution in [-0.4, -0.2) is 19.6 Å². The Kier molecular flexibility index (Phi) is 16.8. The summed E-state index contributed by atoms with van der Waals surface area (Å²) < 4.78 is 34.5. The second-order valence-electron chi connectivity index (χ2n) is 4.41. The summed E-state index contributed by atoms with van der Waals surface area (Å²) in [6.07, 6.45) is 11.7. The van der Waals surface area contributed by atoms with Crippen LogP contribution in [0, 0.1) is 0 Å². The van der Waals surface area contributed by atoms with Gasteiger partial charge in [0.2, 0.25) is 10.4 Å². The smallest absolute Gasteiger partial charge is 0.726 e. The van der Waals surface area contributed by atoms with Crippen LogP contribution in [0.1, 0.15) is 71.1 Å². The van der Waals surface area contributed by atoms with Crippen molar-refractivity contribution in [2.45, 2.75) is 71.1 Å². The Balaban J connectivity index is 0. The van der Waals surface area contributed by atoms with Crippen molar-refractivity contribution in [1.82, 2.24) is 0 Å². The molecule has 0 saturated heterocycles. The second kappa shape index (κ2) is 14.3. The predicted molar refractivity (Wildman–Crippen MR) is 67.5 cm³/mol. The first-order valence-electron chi connectivity index (χ1n) is 6.66. The molecule has 4 nitrogen and oxygen atoms in total. The van der Waals surface area contributed by atoms with Crippen molar-refractivity contribution in [3.63, 3.8) is 0 Å². The molecule has 0 aliphatic carbocycles. The van der Waals surface area contributed by atoms with Crippen LogP contribution in [0.3, 0.4) is 0 Å². The third kappa shape index (κ3) is 19.2. The van der Waals surface area contributed by atoms with Gasteiger partial charge in [-0.05, 0) is 6.42 Å². The van der Waals surface area contributed by atoms with Crippen LogP contribution >= 0.6 is 0 Å². The summed E-state index contributed by atoms with van der Waals surface area (Å²) in [7, 11) is -4.48. The summed E-state index contributed by atoms with van der Waals surface area (Å²) in [5, 5.41) is 0. The standard InChI is InChI=1S/C12H26O4S.Na/c1-2-3-4-5-6-7-8-9-10-11-12-16-17(13,14)15;/h2-12H2,1H3,(H,13,14,15);/q;+1/p-1. The van der Waals surface area contributed by atoms with Crippen LogP contribution < -0.4 is 29.6 Å². The van der Waals surface area contributed by atoms with E-state index in [0.717, 1.165) is 12.8 Å². The van der Waals surface area contributed by atoms with Gasteiger partial charge in [0, 0.05) is 0 Å². The molecule has 0 bridgehead atoms. The average Bonchev–Trinajstić information content (AvgIpc) is 2.24. The number of rotatable bonds is 12. The Labute approximate surface area is 134 Å². The molecule has 0 unspecified atom stereocenters. The third-order valence-corrected chi connectivity index (χ3v) is 3.18. The van der Waals surface area contributed by atoms with Crippen LogP contribution in [0.25, 0.3) is 0 Å². The van der Waals surface area contributed by atoms with Crippen molar-refractivity contribution >= 4 is 10.4 Å². The fourth-order valence-electron chi connectivity index (χ4n) is 1.75. The zero-order chi connectivity index (χ0) is 13.0. The van der Waals surface area contributed by atoms with Crippen LogP contribution in [0.2, 0.25) is 0 Å². The summed E-state index contributed by atoms with van der Waals surface area (Å²) in [6.45, 7) is 2.24. The summed E-state index contributed by atoms with van der Waals surface area (Å²) in [6, 6.07) is 0. The minimum Gasteiger partial charge on any atom is -0.726 e. The first-order valence-corrected chi connectivity index (χ1v) is 8.00. The molecule has 0 aromatic carbocycles. The summed E-state index contributed by atoms with van der Waals surface area (Å²) in [5.41, 5.74) is 0. The molecule has 104 valence electrons. The van der Waals surface area contributed by atoms with Crippen LogP contribution in [0.15, 0.2) is 0 Å². The number of hydrogen-bond donors (Lipinski definition) is 0. The Hall–Kier alpha value is 0.870. The van der Waals surface area contributed by atoms with E-state index in [2.05, 4.69) is 11.1 Å². The van der Waals surface area contributed by atoms with Crippen LogP contribution in [0.5, 0.6) is 0 Å². The molecule has 0 atom stereocenters. The van der Waals surface area contributed by atoms with E-state index in [1.165, 1.54) is 44.9 Å². The van der Waals surface area contributed by atoms with Gasteiger partial charge in [-0.15, -0.1) is 0 Å². The van der Waals surface area contributed by atoms with E-state index >= 15 is 0 Å². The normalized spacial score (nSPS) is 11.2. The van der Waals surface area contributed by atoms with E-state index in [4.69, 9.17) is 0 Å². The molecule has 0 aromatic rings. The predicted octanol–water partition coefficient (Wildman–Crippen LogP) is 0.388. The quantitative estimate of drug-likeness (QED) is 0.225. The molecule has 18 heavy (non-hydrogen) atoms. The van der Waals surface area contributed by atoms with Gasteiger partial charge >= 0.3 is 29.6 Å². The van der Waals surface area contributed by atoms with Gasteiger partial charge in [0.15, 0.2) is 0 Å². The van der Waals surface area contributed by atoms with Gasteiger partial charge in [0.1, 0.15) is 0 Å². The minimum absolute atomic E-state index is 0. The first-order chi connectivity index (χ1) is 8.06. The van der Waals surface area contributed by atoms with Gasteiger partial charge in [-0.1, -0.05) is 64.7 Å². The van der Waals surface area contributed by atoms with Crippen molar-refractivity contribution in [2.24, 2.45) is 0 Å². The van der Waals surface area contributed by atoms with Crippen molar-refractivity contribution in [3.05, 3.63) is 0 Å². The van der Waals surface area contributed by atoms with E-state index in [-0.39, 0.29) is 36.2 Å². The monoisotopic (exact) mass is 288 g/mol. The Morgan fingerprint density at radius 1 is 0.833 bits per heavy atom. The molecule has 0 heterocycles. The Morgan fingerprint density at radius 3 is 1.61 bits per heavy atom. The molecule has 0 aromatic heterocycles. The van der Waals surface area contributed by atoms with E-state index < -0.39 is 10.4 Å². The fourth-order valence-corrected chi connectivity index (χ4v) is 2.07. The van der Waals surface area contributed by atoms with Crippen LogP contribution in [-0.2, 0) is 14.6 Å². The van der Waals surface area contributed by atoms with Gasteiger partial charge in [-0.3, -0.25) is 4.18 Å². The number of unbranched alkanes of at least 4 members (excludes halogenated alkanes) is 9. The fraction of sp³-hybridized carbons (Fsp3) is 1.00. The van der Waals surface area contributed by atoms with Gasteiger partial charge in [-0.2, -0.15) is 0 Å². The third-order valence-electron chi connectivity index (χ3n) is 2.73. The van der Waals surface area contributed by atoms with E-state index in [9.17, 15) is 13.0 Å². The average molecular weight is 288 g/mol. The molecule has 6 heteroatoms. The molecule has 0 aliphatic heterocycles. The minimum atomic E-state index is -4.48. The Bertz CT molecular complexity index is 255. The van der Waals surface area contributed by atoms with Gasteiger partial charge in [0.05, 0.1) is 6.61 Å². The SMILES string of the molecule is CCCCCCCCCCCCOS(=O)(=O)[O-].[Na+]. The van der Waals surface area contributed by atoms with Gasteiger partial charge in [-0.25, -0.2) is 8.42 Å². The first kappa shape index (κ1) is 21.2. The summed E-state index contributed by atoms with van der Waals surface area (Å²) >= 11 is 0. The summed E-state index contributed by atoms with van der Waals surface area (Å²) in [5.74, 6) is 0. The van der Waals surface area contributed by atoms with E-state index in [0.29, 0.717) is 6.42 Å². The summed E-state index contributed by atoms with van der Waals surface area (Å²) in [4.78, 5) is 0. The molecule has 0 saturated carbocycles.